The largest absolute Gasteiger partial charge is 0.573 e. The van der Waals surface area contributed by atoms with Crippen LogP contribution in [0.4, 0.5) is 23.7 Å². The lowest BCUT2D eigenvalue weighted by molar-refractivity contribution is -0.274. The Hall–Kier alpha value is -4.32. The number of nitrogens with one attached hydrogen (secondary N) is 1. The van der Waals surface area contributed by atoms with Gasteiger partial charge in [0.05, 0.1) is 5.69 Å². The molecule has 3 aromatic carbocycles. The number of benzene rings is 3. The second-order valence-corrected chi connectivity index (χ2v) is 12.6. The van der Waals surface area contributed by atoms with Crippen LogP contribution in [0.25, 0.3) is 17.1 Å². The lowest BCUT2D eigenvalue weighted by atomic mass is 9.96. The number of carbonyl (C=O) groups excluding carboxylic acids is 1. The lowest BCUT2D eigenvalue weighted by Crippen LogP contribution is -2.42. The predicted molar refractivity (Wildman–Crippen MR) is 177 cm³/mol. The molecule has 0 aliphatic carbocycles. The van der Waals surface area contributed by atoms with Crippen molar-refractivity contribution in [3.63, 3.8) is 0 Å². The number of thioether (sulfide) groups is 1. The van der Waals surface area contributed by atoms with Gasteiger partial charge in [0.15, 0.2) is 11.0 Å². The highest BCUT2D eigenvalue weighted by molar-refractivity contribution is 8.14. The number of ether oxygens (including phenoxy) is 1. The van der Waals surface area contributed by atoms with E-state index in [4.69, 9.17) is 0 Å². The number of hydrogen-bond donors (Lipinski definition) is 1. The van der Waals surface area contributed by atoms with E-state index in [0.29, 0.717) is 24.0 Å². The average molecular weight is 651 g/mol. The molecule has 4 aromatic rings. The van der Waals surface area contributed by atoms with Gasteiger partial charge in [-0.3, -0.25) is 0 Å². The summed E-state index contributed by atoms with van der Waals surface area (Å²) in [6, 6.07) is 21.5. The van der Waals surface area contributed by atoms with Gasteiger partial charge in [-0.05, 0) is 73.1 Å². The molecular weight excluding hydrogens is 613 g/mol. The fourth-order valence-corrected chi connectivity index (χ4v) is 6.51. The molecule has 1 fully saturated rings. The summed E-state index contributed by atoms with van der Waals surface area (Å²) in [6.45, 7) is 9.12. The second kappa shape index (κ2) is 14.4. The number of amides is 2. The van der Waals surface area contributed by atoms with Gasteiger partial charge in [0, 0.05) is 29.6 Å². The van der Waals surface area contributed by atoms with Crippen LogP contribution in [0.1, 0.15) is 63.5 Å². The van der Waals surface area contributed by atoms with Gasteiger partial charge in [-0.2, -0.15) is 4.99 Å². The van der Waals surface area contributed by atoms with Crippen LogP contribution in [0.5, 0.6) is 5.75 Å². The van der Waals surface area contributed by atoms with E-state index in [0.717, 1.165) is 40.6 Å². The molecule has 12 heteroatoms. The van der Waals surface area contributed by atoms with E-state index in [1.54, 1.807) is 11.8 Å². The van der Waals surface area contributed by atoms with Crippen molar-refractivity contribution in [2.24, 2.45) is 4.99 Å². The topological polar surface area (TPSA) is 84.6 Å². The van der Waals surface area contributed by atoms with E-state index in [1.807, 2.05) is 30.3 Å². The molecule has 5 rings (SSSR count). The second-order valence-electron chi connectivity index (χ2n) is 11.6. The Morgan fingerprint density at radius 3 is 2.48 bits per heavy atom. The Bertz CT molecular complexity index is 1650. The monoisotopic (exact) mass is 650 g/mol. The molecule has 2 unspecified atom stereocenters. The number of carbonyl (C=O) groups is 1. The third-order valence-electron chi connectivity index (χ3n) is 7.85. The number of amidine groups is 1. The van der Waals surface area contributed by atoms with Crippen LogP contribution in [0.15, 0.2) is 84.1 Å². The molecule has 46 heavy (non-hydrogen) atoms. The van der Waals surface area contributed by atoms with Crippen molar-refractivity contribution in [3.05, 3.63) is 90.3 Å². The zero-order valence-corrected chi connectivity index (χ0v) is 27.0. The number of alkyl halides is 3. The van der Waals surface area contributed by atoms with Gasteiger partial charge in [-0.1, -0.05) is 75.0 Å². The number of hydrogen-bond acceptors (Lipinski definition) is 5. The Labute approximate surface area is 271 Å². The molecular formula is C34H37F3N6O2S. The summed E-state index contributed by atoms with van der Waals surface area (Å²) in [5.41, 5.74) is 4.81. The fraction of sp³-hybridized carbons (Fsp3) is 0.353. The van der Waals surface area contributed by atoms with E-state index in [1.165, 1.54) is 40.8 Å². The van der Waals surface area contributed by atoms with Crippen molar-refractivity contribution >= 4 is 28.6 Å². The first-order valence-corrected chi connectivity index (χ1v) is 16.2. The maximum Gasteiger partial charge on any atom is 0.573 e. The molecule has 0 bridgehead atoms. The van der Waals surface area contributed by atoms with Crippen molar-refractivity contribution in [2.45, 2.75) is 64.8 Å². The van der Waals surface area contributed by atoms with Gasteiger partial charge >= 0.3 is 12.4 Å². The van der Waals surface area contributed by atoms with Crippen molar-refractivity contribution < 1.29 is 22.7 Å². The molecule has 0 radical (unpaired) electrons. The predicted octanol–water partition coefficient (Wildman–Crippen LogP) is 8.55. The van der Waals surface area contributed by atoms with Gasteiger partial charge < -0.3 is 15.0 Å². The molecule has 1 saturated heterocycles. The van der Waals surface area contributed by atoms with Crippen molar-refractivity contribution in [1.82, 2.24) is 20.1 Å². The summed E-state index contributed by atoms with van der Waals surface area (Å²) < 4.78 is 42.7. The van der Waals surface area contributed by atoms with Crippen molar-refractivity contribution in [2.75, 3.05) is 17.2 Å². The van der Waals surface area contributed by atoms with Crippen LogP contribution in [0.3, 0.4) is 0 Å². The van der Waals surface area contributed by atoms with Crippen molar-refractivity contribution in [3.8, 4) is 22.8 Å². The van der Waals surface area contributed by atoms with Crippen LogP contribution in [0, 0.1) is 0 Å². The standard InChI is InChI=1S/C34H37F3N6O2S/c1-22(2)29-7-5-6-8-30(29)43-24(4)18-20-46-33(43)40-32(44)38-19-17-23(3)25-9-11-26(12-10-25)31-39-21-42(41-31)27-13-15-28(16-14-27)45-34(35,36)37/h5-16,21-24H,17-20H2,1-4H3,(H,38,44). The molecule has 0 spiro atoms. The summed E-state index contributed by atoms with van der Waals surface area (Å²) in [7, 11) is 0. The van der Waals surface area contributed by atoms with E-state index >= 15 is 0 Å². The van der Waals surface area contributed by atoms with Crippen LogP contribution in [-0.4, -0.2) is 50.7 Å². The van der Waals surface area contributed by atoms with Gasteiger partial charge in [-0.25, -0.2) is 14.5 Å². The van der Waals surface area contributed by atoms with E-state index in [-0.39, 0.29) is 23.7 Å². The highest BCUT2D eigenvalue weighted by Gasteiger charge is 2.31. The molecule has 242 valence electrons. The quantitative estimate of drug-likeness (QED) is 0.195. The first-order chi connectivity index (χ1) is 22.0. The van der Waals surface area contributed by atoms with Crippen molar-refractivity contribution in [1.29, 1.82) is 0 Å². The minimum Gasteiger partial charge on any atom is -0.406 e. The molecule has 1 aliphatic rings. The lowest BCUT2D eigenvalue weighted by Gasteiger charge is -2.37. The zero-order chi connectivity index (χ0) is 32.8. The number of aliphatic imine (C=N–C) groups is 1. The van der Waals surface area contributed by atoms with Gasteiger partial charge in [0.1, 0.15) is 12.1 Å². The maximum atomic E-state index is 12.9. The van der Waals surface area contributed by atoms with Gasteiger partial charge in [0.2, 0.25) is 0 Å². The molecule has 1 aromatic heterocycles. The number of anilines is 1. The SMILES string of the molecule is CC(C)c1ccccc1N1C(=NC(=O)NCCC(C)c2ccc(-c3ncn(-c4ccc(OC(F)(F)F)cc4)n3)cc2)SCCC1C. The van der Waals surface area contributed by atoms with Crippen LogP contribution in [0.2, 0.25) is 0 Å². The molecule has 2 heterocycles. The number of rotatable bonds is 9. The minimum atomic E-state index is -4.75. The fourth-order valence-electron chi connectivity index (χ4n) is 5.30. The first kappa shape index (κ1) is 33.1. The first-order valence-electron chi connectivity index (χ1n) is 15.2. The van der Waals surface area contributed by atoms with Crippen LogP contribution >= 0.6 is 11.8 Å². The number of halogens is 3. The smallest absolute Gasteiger partial charge is 0.406 e. The molecule has 1 N–H and O–H groups in total. The Balaban J connectivity index is 1.16. The zero-order valence-electron chi connectivity index (χ0n) is 26.2. The Kier molecular flexibility index (Phi) is 10.4. The Morgan fingerprint density at radius 1 is 1.07 bits per heavy atom. The van der Waals surface area contributed by atoms with Gasteiger partial charge in [-0.15, -0.1) is 18.3 Å². The number of para-hydroxylation sites is 1. The average Bonchev–Trinajstić information content (AvgIpc) is 3.51. The highest BCUT2D eigenvalue weighted by atomic mass is 32.2. The molecule has 1 aliphatic heterocycles. The van der Waals surface area contributed by atoms with Crippen LogP contribution < -0.4 is 15.0 Å². The Morgan fingerprint density at radius 2 is 1.78 bits per heavy atom. The molecule has 2 atom stereocenters. The number of urea groups is 1. The molecule has 0 saturated carbocycles. The van der Waals surface area contributed by atoms with E-state index in [2.05, 4.69) is 75.9 Å². The van der Waals surface area contributed by atoms with E-state index in [9.17, 15) is 18.0 Å². The summed E-state index contributed by atoms with van der Waals surface area (Å²) in [4.78, 5) is 24.0. The van der Waals surface area contributed by atoms with E-state index < -0.39 is 6.36 Å². The summed E-state index contributed by atoms with van der Waals surface area (Å²) in [6.07, 6.45) is -1.48. The molecule has 8 nitrogen and oxygen atoms in total. The van der Waals surface area contributed by atoms with Gasteiger partial charge in [0.25, 0.3) is 0 Å². The summed E-state index contributed by atoms with van der Waals surface area (Å²) >= 11 is 1.62. The summed E-state index contributed by atoms with van der Waals surface area (Å²) in [5, 5.41) is 8.17. The third kappa shape index (κ3) is 8.28. The van der Waals surface area contributed by atoms with Crippen LogP contribution in [-0.2, 0) is 0 Å². The summed E-state index contributed by atoms with van der Waals surface area (Å²) in [5.74, 6) is 1.64. The maximum absolute atomic E-state index is 12.9. The minimum absolute atomic E-state index is 0.184. The third-order valence-corrected chi connectivity index (χ3v) is 8.83. The number of aromatic nitrogens is 3. The normalized spacial score (nSPS) is 16.9. The molecule has 2 amide bonds. The number of nitrogens with zero attached hydrogens (tertiary/aromatic N) is 5. The highest BCUT2D eigenvalue weighted by Crippen LogP contribution is 2.35.